The van der Waals surface area contributed by atoms with E-state index in [1.54, 1.807) is 18.6 Å². The van der Waals surface area contributed by atoms with Gasteiger partial charge in [0.2, 0.25) is 5.91 Å². The van der Waals surface area contributed by atoms with E-state index in [-0.39, 0.29) is 11.9 Å². The first kappa shape index (κ1) is 12.3. The van der Waals surface area contributed by atoms with Crippen LogP contribution in [0, 0.1) is 6.92 Å². The van der Waals surface area contributed by atoms with Gasteiger partial charge >= 0.3 is 0 Å². The predicted molar refractivity (Wildman–Crippen MR) is 67.8 cm³/mol. The maximum absolute atomic E-state index is 12.0. The molecule has 2 aromatic rings. The van der Waals surface area contributed by atoms with Crippen molar-refractivity contribution in [1.82, 2.24) is 19.9 Å². The molecule has 0 unspecified atom stereocenters. The van der Waals surface area contributed by atoms with Gasteiger partial charge in [0.1, 0.15) is 11.9 Å². The number of amides is 1. The number of aromatic nitrogens is 3. The molecule has 1 amide bonds. The molecule has 0 aliphatic carbocycles. The summed E-state index contributed by atoms with van der Waals surface area (Å²) < 4.78 is 1.85. The number of hydrogen-bond donors (Lipinski definition) is 1. The van der Waals surface area contributed by atoms with E-state index in [0.29, 0.717) is 6.54 Å². The van der Waals surface area contributed by atoms with Crippen LogP contribution in [0.3, 0.4) is 0 Å². The Kier molecular flexibility index (Phi) is 3.72. The number of pyridine rings is 1. The van der Waals surface area contributed by atoms with Crippen molar-refractivity contribution in [1.29, 1.82) is 0 Å². The van der Waals surface area contributed by atoms with Gasteiger partial charge in [0.05, 0.1) is 0 Å². The number of carbonyl (C=O) groups excluding carboxylic acids is 1. The van der Waals surface area contributed by atoms with Gasteiger partial charge in [-0.1, -0.05) is 6.07 Å². The summed E-state index contributed by atoms with van der Waals surface area (Å²) in [4.78, 5) is 20.1. The minimum Gasteiger partial charge on any atom is -0.350 e. The van der Waals surface area contributed by atoms with Gasteiger partial charge in [0.25, 0.3) is 0 Å². The van der Waals surface area contributed by atoms with Crippen molar-refractivity contribution in [3.05, 3.63) is 48.3 Å². The van der Waals surface area contributed by atoms with Gasteiger partial charge in [-0.3, -0.25) is 9.78 Å². The predicted octanol–water partition coefficient (Wildman–Crippen LogP) is 1.46. The third-order valence-electron chi connectivity index (χ3n) is 2.85. The number of nitrogens with zero attached hydrogens (tertiary/aromatic N) is 3. The maximum atomic E-state index is 12.0. The molecule has 0 bridgehead atoms. The Labute approximate surface area is 106 Å². The van der Waals surface area contributed by atoms with Crippen molar-refractivity contribution < 1.29 is 4.79 Å². The highest BCUT2D eigenvalue weighted by atomic mass is 16.2. The summed E-state index contributed by atoms with van der Waals surface area (Å²) in [5.41, 5.74) is 0.986. The summed E-state index contributed by atoms with van der Waals surface area (Å²) in [6.07, 6.45) is 6.96. The zero-order valence-corrected chi connectivity index (χ0v) is 10.5. The monoisotopic (exact) mass is 244 g/mol. The van der Waals surface area contributed by atoms with Crippen LogP contribution in [0.4, 0.5) is 0 Å². The summed E-state index contributed by atoms with van der Waals surface area (Å²) in [7, 11) is 0. The fourth-order valence-electron chi connectivity index (χ4n) is 1.76. The molecule has 2 rings (SSSR count). The molecule has 5 nitrogen and oxygen atoms in total. The standard InChI is InChI=1S/C13H16N4O/c1-10(17-7-6-15-11(17)2)13(18)16-9-12-4-3-5-14-8-12/h3-8,10H,9H2,1-2H3,(H,16,18)/t10-/m0/s1. The Morgan fingerprint density at radius 3 is 2.94 bits per heavy atom. The lowest BCUT2D eigenvalue weighted by Crippen LogP contribution is -2.30. The molecule has 0 aliphatic rings. The molecule has 18 heavy (non-hydrogen) atoms. The van der Waals surface area contributed by atoms with E-state index < -0.39 is 0 Å². The van der Waals surface area contributed by atoms with Gasteiger partial charge in [0.15, 0.2) is 0 Å². The molecule has 5 heteroatoms. The smallest absolute Gasteiger partial charge is 0.243 e. The third-order valence-corrected chi connectivity index (χ3v) is 2.85. The van der Waals surface area contributed by atoms with Gasteiger partial charge in [-0.15, -0.1) is 0 Å². The molecule has 0 aromatic carbocycles. The number of aryl methyl sites for hydroxylation is 1. The Morgan fingerprint density at radius 2 is 2.33 bits per heavy atom. The first-order valence-corrected chi connectivity index (χ1v) is 5.84. The lowest BCUT2D eigenvalue weighted by molar-refractivity contribution is -0.124. The zero-order valence-electron chi connectivity index (χ0n) is 10.5. The molecular formula is C13H16N4O. The van der Waals surface area contributed by atoms with Crippen LogP contribution in [0.2, 0.25) is 0 Å². The number of imidazole rings is 1. The van der Waals surface area contributed by atoms with Crippen molar-refractivity contribution in [3.8, 4) is 0 Å². The molecule has 0 radical (unpaired) electrons. The van der Waals surface area contributed by atoms with E-state index in [0.717, 1.165) is 11.4 Å². The third kappa shape index (κ3) is 2.74. The van der Waals surface area contributed by atoms with Gasteiger partial charge in [-0.25, -0.2) is 4.98 Å². The minimum atomic E-state index is -0.260. The summed E-state index contributed by atoms with van der Waals surface area (Å²) in [5, 5.41) is 2.89. The zero-order chi connectivity index (χ0) is 13.0. The van der Waals surface area contributed by atoms with Gasteiger partial charge < -0.3 is 9.88 Å². The van der Waals surface area contributed by atoms with Gasteiger partial charge in [-0.2, -0.15) is 0 Å². The molecule has 0 aliphatic heterocycles. The van der Waals surface area contributed by atoms with Crippen LogP contribution >= 0.6 is 0 Å². The minimum absolute atomic E-state index is 0.0278. The van der Waals surface area contributed by atoms with E-state index >= 15 is 0 Å². The first-order valence-electron chi connectivity index (χ1n) is 5.84. The maximum Gasteiger partial charge on any atom is 0.243 e. The number of rotatable bonds is 4. The number of carbonyl (C=O) groups is 1. The molecule has 1 N–H and O–H groups in total. The van der Waals surface area contributed by atoms with Crippen LogP contribution in [-0.2, 0) is 11.3 Å². The lowest BCUT2D eigenvalue weighted by Gasteiger charge is -2.14. The van der Waals surface area contributed by atoms with Crippen LogP contribution in [0.15, 0.2) is 36.9 Å². The average Bonchev–Trinajstić information content (AvgIpc) is 2.82. The Balaban J connectivity index is 1.95. The van der Waals surface area contributed by atoms with E-state index in [2.05, 4.69) is 15.3 Å². The highest BCUT2D eigenvalue weighted by molar-refractivity contribution is 5.79. The topological polar surface area (TPSA) is 59.8 Å². The molecule has 94 valence electrons. The molecule has 2 heterocycles. The first-order chi connectivity index (χ1) is 8.68. The molecule has 0 fully saturated rings. The summed E-state index contributed by atoms with van der Waals surface area (Å²) >= 11 is 0. The molecule has 1 atom stereocenters. The molecule has 0 saturated carbocycles. The van der Waals surface area contributed by atoms with Gasteiger partial charge in [0, 0.05) is 31.3 Å². The van der Waals surface area contributed by atoms with Crippen molar-refractivity contribution in [2.75, 3.05) is 0 Å². The molecule has 2 aromatic heterocycles. The Morgan fingerprint density at radius 1 is 1.50 bits per heavy atom. The Hall–Kier alpha value is -2.17. The summed E-state index contributed by atoms with van der Waals surface area (Å²) in [6.45, 7) is 4.23. The summed E-state index contributed by atoms with van der Waals surface area (Å²) in [6, 6.07) is 3.52. The summed E-state index contributed by atoms with van der Waals surface area (Å²) in [5.74, 6) is 0.805. The number of nitrogens with one attached hydrogen (secondary N) is 1. The van der Waals surface area contributed by atoms with Crippen molar-refractivity contribution >= 4 is 5.91 Å². The largest absolute Gasteiger partial charge is 0.350 e. The van der Waals surface area contributed by atoms with Crippen molar-refractivity contribution in [2.24, 2.45) is 0 Å². The second kappa shape index (κ2) is 5.44. The van der Waals surface area contributed by atoms with Crippen molar-refractivity contribution in [2.45, 2.75) is 26.4 Å². The highest BCUT2D eigenvalue weighted by Crippen LogP contribution is 2.08. The molecular weight excluding hydrogens is 228 g/mol. The number of hydrogen-bond acceptors (Lipinski definition) is 3. The lowest BCUT2D eigenvalue weighted by atomic mass is 10.2. The Bertz CT molecular complexity index is 521. The van der Waals surface area contributed by atoms with E-state index in [1.807, 2.05) is 36.7 Å². The van der Waals surface area contributed by atoms with Gasteiger partial charge in [-0.05, 0) is 25.5 Å². The van der Waals surface area contributed by atoms with Crippen LogP contribution in [0.25, 0.3) is 0 Å². The quantitative estimate of drug-likeness (QED) is 0.885. The average molecular weight is 244 g/mol. The molecule has 0 spiro atoms. The fourth-order valence-corrected chi connectivity index (χ4v) is 1.76. The molecule has 0 saturated heterocycles. The van der Waals surface area contributed by atoms with Crippen LogP contribution < -0.4 is 5.32 Å². The van der Waals surface area contributed by atoms with E-state index in [4.69, 9.17) is 0 Å². The normalized spacial score (nSPS) is 12.1. The van der Waals surface area contributed by atoms with E-state index in [1.165, 1.54) is 0 Å². The van der Waals surface area contributed by atoms with E-state index in [9.17, 15) is 4.79 Å². The fraction of sp³-hybridized carbons (Fsp3) is 0.308. The van der Waals surface area contributed by atoms with Crippen LogP contribution in [-0.4, -0.2) is 20.4 Å². The van der Waals surface area contributed by atoms with Crippen LogP contribution in [0.1, 0.15) is 24.4 Å². The highest BCUT2D eigenvalue weighted by Gasteiger charge is 2.15. The van der Waals surface area contributed by atoms with Crippen LogP contribution in [0.5, 0.6) is 0 Å². The second-order valence-corrected chi connectivity index (χ2v) is 4.14. The SMILES string of the molecule is Cc1nccn1[C@@H](C)C(=O)NCc1cccnc1. The second-order valence-electron chi connectivity index (χ2n) is 4.14. The van der Waals surface area contributed by atoms with Crippen molar-refractivity contribution in [3.63, 3.8) is 0 Å².